The highest BCUT2D eigenvalue weighted by atomic mass is 15.2. The zero-order chi connectivity index (χ0) is 12.6. The lowest BCUT2D eigenvalue weighted by atomic mass is 9.47. The Hall–Kier alpha value is -1.76. The molecule has 2 aliphatic carbocycles. The molecule has 0 spiro atoms. The van der Waals surface area contributed by atoms with E-state index in [0.29, 0.717) is 0 Å². The molecular weight excluding hydrogens is 230 g/mol. The van der Waals surface area contributed by atoms with E-state index >= 15 is 0 Å². The van der Waals surface area contributed by atoms with Crippen LogP contribution in [0.3, 0.4) is 0 Å². The van der Waals surface area contributed by atoms with E-state index in [-0.39, 0.29) is 0 Å². The lowest BCUT2D eigenvalue weighted by Crippen LogP contribution is -2.56. The van der Waals surface area contributed by atoms with E-state index in [2.05, 4.69) is 60.4 Å². The molecule has 1 heterocycles. The molecule has 0 aromatic heterocycles. The Morgan fingerprint density at radius 1 is 0.789 bits per heavy atom. The predicted molar refractivity (Wildman–Crippen MR) is 77.9 cm³/mol. The first-order valence-electron chi connectivity index (χ1n) is 7.36. The molecule has 1 nitrogen and oxygen atoms in total. The van der Waals surface area contributed by atoms with Crippen molar-refractivity contribution < 1.29 is 0 Å². The monoisotopic (exact) mass is 247 g/mol. The maximum atomic E-state index is 2.64. The van der Waals surface area contributed by atoms with Crippen LogP contribution < -0.4 is 4.90 Å². The highest BCUT2D eigenvalue weighted by Crippen LogP contribution is 2.71. The average molecular weight is 247 g/mol. The molecule has 1 heteroatoms. The van der Waals surface area contributed by atoms with Gasteiger partial charge in [-0.2, -0.15) is 0 Å². The summed E-state index contributed by atoms with van der Waals surface area (Å²) in [6.45, 7) is 3.42. The molecule has 0 bridgehead atoms. The summed E-state index contributed by atoms with van der Waals surface area (Å²) in [5.41, 5.74) is 6.30. The Labute approximate surface area is 113 Å². The first-order chi connectivity index (χ1) is 9.42. The lowest BCUT2D eigenvalue weighted by Gasteiger charge is -2.59. The van der Waals surface area contributed by atoms with E-state index < -0.39 is 0 Å². The molecular formula is C18H17N. The molecule has 1 fully saturated rings. The van der Waals surface area contributed by atoms with Gasteiger partial charge < -0.3 is 4.90 Å². The van der Waals surface area contributed by atoms with Crippen LogP contribution in [0.4, 0.5) is 5.69 Å². The van der Waals surface area contributed by atoms with E-state index in [1.807, 2.05) is 0 Å². The van der Waals surface area contributed by atoms with Gasteiger partial charge in [-0.05, 0) is 29.7 Å². The lowest BCUT2D eigenvalue weighted by molar-refractivity contribution is 0.198. The molecule has 19 heavy (non-hydrogen) atoms. The fourth-order valence-corrected chi connectivity index (χ4v) is 4.85. The highest BCUT2D eigenvalue weighted by Gasteiger charge is 2.63. The number of anilines is 1. The quantitative estimate of drug-likeness (QED) is 0.739. The number of para-hydroxylation sites is 1. The fraction of sp³-hybridized carbons (Fsp3) is 0.333. The van der Waals surface area contributed by atoms with Crippen molar-refractivity contribution in [1.29, 1.82) is 0 Å². The van der Waals surface area contributed by atoms with Crippen LogP contribution in [0.25, 0.3) is 0 Å². The minimum atomic E-state index is 0.724. The first-order valence-corrected chi connectivity index (χ1v) is 7.36. The van der Waals surface area contributed by atoms with Gasteiger partial charge in [-0.3, -0.25) is 0 Å². The van der Waals surface area contributed by atoms with Gasteiger partial charge in [0.15, 0.2) is 0 Å². The van der Waals surface area contributed by atoms with Gasteiger partial charge in [-0.15, -0.1) is 0 Å². The maximum absolute atomic E-state index is 2.64. The zero-order valence-electron chi connectivity index (χ0n) is 11.1. The summed E-state index contributed by atoms with van der Waals surface area (Å²) in [4.78, 5) is 2.64. The standard InChI is InChI=1S/C18H17N/c1-2-19-14-10-6-5-9-13(14)17-15-11-7-3-4-8-12(11)16(15)18(17)19/h3-10,15-18H,2H2,1H3/t15?,16-,17+,18?/m1/s1. The van der Waals surface area contributed by atoms with Crippen LogP contribution >= 0.6 is 0 Å². The number of likely N-dealkylation sites (N-methyl/N-ethyl adjacent to an activating group) is 1. The third-order valence-electron chi connectivity index (χ3n) is 5.53. The van der Waals surface area contributed by atoms with E-state index in [0.717, 1.165) is 30.3 Å². The highest BCUT2D eigenvalue weighted by molar-refractivity contribution is 5.71. The summed E-state index contributed by atoms with van der Waals surface area (Å²) in [5.74, 6) is 2.32. The van der Waals surface area contributed by atoms with Crippen LogP contribution in [0, 0.1) is 0 Å². The van der Waals surface area contributed by atoms with Crippen molar-refractivity contribution >= 4 is 5.69 Å². The molecule has 0 radical (unpaired) electrons. The van der Waals surface area contributed by atoms with Crippen LogP contribution in [0.1, 0.15) is 41.4 Å². The van der Waals surface area contributed by atoms with Crippen molar-refractivity contribution in [1.82, 2.24) is 0 Å². The van der Waals surface area contributed by atoms with Gasteiger partial charge >= 0.3 is 0 Å². The molecule has 3 aliphatic rings. The zero-order valence-corrected chi connectivity index (χ0v) is 11.1. The number of hydrogen-bond donors (Lipinski definition) is 0. The van der Waals surface area contributed by atoms with Gasteiger partial charge in [0.05, 0.1) is 0 Å². The average Bonchev–Trinajstić information content (AvgIpc) is 2.68. The van der Waals surface area contributed by atoms with Crippen molar-refractivity contribution in [3.63, 3.8) is 0 Å². The first kappa shape index (κ1) is 10.1. The van der Waals surface area contributed by atoms with E-state index in [4.69, 9.17) is 0 Å². The maximum Gasteiger partial charge on any atom is 0.0440 e. The van der Waals surface area contributed by atoms with Crippen LogP contribution in [0.15, 0.2) is 48.5 Å². The molecule has 0 saturated heterocycles. The van der Waals surface area contributed by atoms with Crippen molar-refractivity contribution in [2.45, 2.75) is 30.7 Å². The van der Waals surface area contributed by atoms with Crippen LogP contribution in [0.5, 0.6) is 0 Å². The third kappa shape index (κ3) is 0.971. The summed E-state index contributed by atoms with van der Waals surface area (Å²) in [7, 11) is 0. The molecule has 94 valence electrons. The van der Waals surface area contributed by atoms with Gasteiger partial charge in [0, 0.05) is 36.0 Å². The summed E-state index contributed by atoms with van der Waals surface area (Å²) in [5, 5.41) is 0. The van der Waals surface area contributed by atoms with E-state index in [9.17, 15) is 0 Å². The largest absolute Gasteiger partial charge is 0.367 e. The van der Waals surface area contributed by atoms with Crippen LogP contribution in [-0.4, -0.2) is 12.6 Å². The minimum absolute atomic E-state index is 0.724. The van der Waals surface area contributed by atoms with Crippen molar-refractivity contribution in [2.75, 3.05) is 11.4 Å². The Morgan fingerprint density at radius 2 is 1.37 bits per heavy atom. The summed E-state index contributed by atoms with van der Waals surface area (Å²) in [6, 6.07) is 18.8. The van der Waals surface area contributed by atoms with Crippen molar-refractivity contribution in [3.05, 3.63) is 65.2 Å². The molecule has 5 rings (SSSR count). The normalized spacial score (nSPS) is 32.6. The van der Waals surface area contributed by atoms with Crippen LogP contribution in [0.2, 0.25) is 0 Å². The summed E-state index contributed by atoms with van der Waals surface area (Å²) >= 11 is 0. The minimum Gasteiger partial charge on any atom is -0.367 e. The van der Waals surface area contributed by atoms with E-state index in [1.54, 1.807) is 16.7 Å². The molecule has 4 atom stereocenters. The molecule has 2 aromatic carbocycles. The number of nitrogens with zero attached hydrogens (tertiary/aromatic N) is 1. The second-order valence-corrected chi connectivity index (χ2v) is 6.04. The number of hydrogen-bond acceptors (Lipinski definition) is 1. The van der Waals surface area contributed by atoms with Crippen LogP contribution in [-0.2, 0) is 0 Å². The summed E-state index contributed by atoms with van der Waals surface area (Å²) < 4.78 is 0. The number of rotatable bonds is 1. The summed E-state index contributed by atoms with van der Waals surface area (Å²) in [6.07, 6.45) is 0. The van der Waals surface area contributed by atoms with Crippen molar-refractivity contribution in [3.8, 4) is 0 Å². The van der Waals surface area contributed by atoms with Crippen molar-refractivity contribution in [2.24, 2.45) is 0 Å². The second-order valence-electron chi connectivity index (χ2n) is 6.04. The van der Waals surface area contributed by atoms with Gasteiger partial charge in [0.25, 0.3) is 0 Å². The van der Waals surface area contributed by atoms with Gasteiger partial charge in [-0.25, -0.2) is 0 Å². The molecule has 0 amide bonds. The topological polar surface area (TPSA) is 3.24 Å². The molecule has 2 unspecified atom stereocenters. The second kappa shape index (κ2) is 3.22. The predicted octanol–water partition coefficient (Wildman–Crippen LogP) is 3.87. The number of benzene rings is 2. The van der Waals surface area contributed by atoms with E-state index in [1.165, 1.54) is 5.69 Å². The Balaban J connectivity index is 1.68. The van der Waals surface area contributed by atoms with Gasteiger partial charge in [0.2, 0.25) is 0 Å². The Morgan fingerprint density at radius 3 is 2.11 bits per heavy atom. The third-order valence-corrected chi connectivity index (χ3v) is 5.53. The Bertz CT molecular complexity index is 675. The van der Waals surface area contributed by atoms with Gasteiger partial charge in [-0.1, -0.05) is 42.5 Å². The van der Waals surface area contributed by atoms with Gasteiger partial charge in [0.1, 0.15) is 0 Å². The number of fused-ring (bicyclic) bond motifs is 9. The Kier molecular flexibility index (Phi) is 1.71. The molecule has 1 aliphatic heterocycles. The fourth-order valence-electron chi connectivity index (χ4n) is 4.85. The SMILES string of the molecule is CCN1c2ccccc2[C@H]2C3c4ccccc4[C@H]3C21. The molecule has 0 N–H and O–H groups in total. The molecule has 1 saturated carbocycles. The molecule has 2 aromatic rings. The smallest absolute Gasteiger partial charge is 0.0440 e.